The Morgan fingerprint density at radius 3 is 0.602 bits per heavy atom. The Kier molecular flexibility index (Phi) is 30.3. The molecule has 0 radical (unpaired) electrons. The molecule has 0 aliphatic rings. The predicted molar refractivity (Wildman–Crippen MR) is 339 cm³/mol. The maximum Gasteiger partial charge on any atom is 4.00 e. The summed E-state index contributed by atoms with van der Waals surface area (Å²) in [6.07, 6.45) is 14.6. The molecule has 38 heteroatoms. The van der Waals surface area contributed by atoms with Crippen molar-refractivity contribution in [1.29, 1.82) is 0 Å². The first-order valence-electron chi connectivity index (χ1n) is 28.3. The van der Waals surface area contributed by atoms with Crippen LogP contribution >= 0.6 is 0 Å². The maximum absolute atomic E-state index is 9.75. The molecule has 0 amide bonds. The Morgan fingerprint density at radius 2 is 0.429 bits per heavy atom. The summed E-state index contributed by atoms with van der Waals surface area (Å²) in [6, 6.07) is 64.7. The van der Waals surface area contributed by atoms with Crippen LogP contribution < -0.4 is 21.3 Å². The maximum atomic E-state index is 9.75. The van der Waals surface area contributed by atoms with E-state index in [9.17, 15) is 69.1 Å². The summed E-state index contributed by atoms with van der Waals surface area (Å²) < 4.78 is 163. The Labute approximate surface area is 570 Å². The second kappa shape index (κ2) is 37.9. The minimum atomic E-state index is -6.00. The van der Waals surface area contributed by atoms with Crippen molar-refractivity contribution in [1.82, 2.24) is 59.1 Å². The molecule has 8 aromatic heterocycles. The van der Waals surface area contributed by atoms with Gasteiger partial charge in [-0.25, -0.2) is 38.7 Å². The Bertz CT molecular complexity index is 3690. The van der Waals surface area contributed by atoms with Crippen LogP contribution in [-0.2, 0) is 60.3 Å². The molecule has 0 unspecified atom stereocenters. The Hall–Kier alpha value is -10.3. The van der Waals surface area contributed by atoms with Gasteiger partial charge in [0.15, 0.2) is 23.3 Å². The van der Waals surface area contributed by atoms with Crippen LogP contribution in [0.15, 0.2) is 244 Å². The van der Waals surface area contributed by atoms with Crippen molar-refractivity contribution >= 4 is 51.8 Å². The largest absolute Gasteiger partial charge is 4.00 e. The van der Waals surface area contributed by atoms with Crippen molar-refractivity contribution in [3.63, 3.8) is 0 Å². The van der Waals surface area contributed by atoms with Crippen molar-refractivity contribution in [3.8, 4) is 45.5 Å². The van der Waals surface area contributed by atoms with Gasteiger partial charge in [-0.1, -0.05) is 97.1 Å². The summed E-state index contributed by atoms with van der Waals surface area (Å²) in [7, 11) is -24.0. The van der Waals surface area contributed by atoms with Crippen LogP contribution in [0, 0.1) is 0 Å². The van der Waals surface area contributed by atoms with Gasteiger partial charge in [-0.05, 0) is 97.1 Å². The molecule has 508 valence electrons. The molecule has 0 aliphatic carbocycles. The van der Waals surface area contributed by atoms with E-state index in [0.29, 0.717) is 26.2 Å². The number of pyridine rings is 4. The fraction of sp³-hybridized carbons (Fsp3) is 0.0667. The summed E-state index contributed by atoms with van der Waals surface area (Å²) in [5, 5.41) is 31.5. The van der Waals surface area contributed by atoms with E-state index in [-0.39, 0.29) is 34.1 Å². The van der Waals surface area contributed by atoms with Gasteiger partial charge < -0.3 is 90.3 Å². The summed E-state index contributed by atoms with van der Waals surface area (Å²) >= 11 is 0. The number of rotatable bonds is 18. The van der Waals surface area contributed by atoms with Crippen molar-refractivity contribution in [2.24, 2.45) is 0 Å². The van der Waals surface area contributed by atoms with Gasteiger partial charge in [0.25, 0.3) is 0 Å². The van der Waals surface area contributed by atoms with E-state index >= 15 is 0 Å². The molecule has 0 saturated heterocycles. The fourth-order valence-electron chi connectivity index (χ4n) is 8.62. The van der Waals surface area contributed by atoms with Crippen LogP contribution in [0.4, 0.5) is 91.8 Å². The standard InChI is InChI=1S/2C30H26N8.4BF4.2Fe/c2*1-3-13-27(31-21-23-9-5-15-29(35-23)37-19-7-17-33-37)25(11-1)26-12-2-4-14-28(26)32-22-24-10-6-16-30(36-24)38-20-8-18-34-38;4*2-1(3,4)5;;/h2*1-20,31-32H,21-22H2;;;;;;/q;;4*-1;2*+4. The smallest absolute Gasteiger partial charge is 0.418 e. The zero-order valence-electron chi connectivity index (χ0n) is 50.4. The second-order valence-corrected chi connectivity index (χ2v) is 19.3. The normalized spacial score (nSPS) is 10.9. The molecular weight excluding hydrogens is 1400 g/mol. The number of nitrogens with one attached hydrogen (secondary N) is 4. The fourth-order valence-corrected chi connectivity index (χ4v) is 8.62. The van der Waals surface area contributed by atoms with E-state index in [4.69, 9.17) is 19.9 Å². The van der Waals surface area contributed by atoms with Gasteiger partial charge in [0.2, 0.25) is 0 Å². The zero-order chi connectivity index (χ0) is 69.1. The van der Waals surface area contributed by atoms with E-state index in [1.807, 2.05) is 146 Å². The average Bonchev–Trinajstić information content (AvgIpc) is 1.11. The van der Waals surface area contributed by atoms with Gasteiger partial charge in [0.1, 0.15) is 0 Å². The Morgan fingerprint density at radius 1 is 0.245 bits per heavy atom. The molecule has 0 spiro atoms. The van der Waals surface area contributed by atoms with Crippen LogP contribution in [0.1, 0.15) is 22.8 Å². The minimum absolute atomic E-state index is 0. The number of anilines is 4. The summed E-state index contributed by atoms with van der Waals surface area (Å²) in [6.45, 7) is 2.36. The topological polar surface area (TPSA) is 171 Å². The van der Waals surface area contributed by atoms with Crippen molar-refractivity contribution in [2.75, 3.05) is 21.3 Å². The van der Waals surface area contributed by atoms with E-state index < -0.39 is 29.0 Å². The summed E-state index contributed by atoms with van der Waals surface area (Å²) in [4.78, 5) is 19.0. The number of hydrogen-bond acceptors (Lipinski definition) is 12. The molecule has 16 nitrogen and oxygen atoms in total. The molecule has 12 rings (SSSR count). The average molecular weight is 1460 g/mol. The molecule has 0 atom stereocenters. The van der Waals surface area contributed by atoms with Crippen LogP contribution in [-0.4, -0.2) is 88.1 Å². The molecule has 0 aliphatic heterocycles. The number of halogens is 16. The van der Waals surface area contributed by atoms with E-state index in [1.54, 1.807) is 43.5 Å². The van der Waals surface area contributed by atoms with Gasteiger partial charge >= 0.3 is 63.2 Å². The van der Waals surface area contributed by atoms with E-state index in [1.165, 1.54) is 0 Å². The number of benzene rings is 4. The predicted octanol–water partition coefficient (Wildman–Crippen LogP) is 16.7. The van der Waals surface area contributed by atoms with E-state index in [0.717, 1.165) is 91.1 Å². The first-order chi connectivity index (χ1) is 45.7. The van der Waals surface area contributed by atoms with Crippen LogP contribution in [0.5, 0.6) is 0 Å². The third kappa shape index (κ3) is 29.0. The van der Waals surface area contributed by atoms with Gasteiger partial charge in [-0.3, -0.25) is 0 Å². The number of hydrogen-bond donors (Lipinski definition) is 4. The van der Waals surface area contributed by atoms with E-state index in [2.05, 4.69) is 114 Å². The third-order valence-corrected chi connectivity index (χ3v) is 12.3. The molecular formula is C60H52B4F16Fe2N16+4. The quantitative estimate of drug-likeness (QED) is 0.0474. The number of nitrogens with zero attached hydrogens (tertiary/aromatic N) is 12. The van der Waals surface area contributed by atoms with Gasteiger partial charge in [0.05, 0.1) is 49.0 Å². The van der Waals surface area contributed by atoms with Crippen molar-refractivity contribution in [2.45, 2.75) is 26.2 Å². The number of para-hydroxylation sites is 4. The summed E-state index contributed by atoms with van der Waals surface area (Å²) in [5.74, 6) is 3.18. The second-order valence-electron chi connectivity index (χ2n) is 19.3. The Balaban J connectivity index is 0.000000273. The zero-order valence-corrected chi connectivity index (χ0v) is 52.6. The van der Waals surface area contributed by atoms with Crippen LogP contribution in [0.3, 0.4) is 0 Å². The van der Waals surface area contributed by atoms with Crippen LogP contribution in [0.25, 0.3) is 45.5 Å². The monoisotopic (exact) mass is 1460 g/mol. The molecule has 4 aromatic carbocycles. The molecule has 12 aromatic rings. The summed E-state index contributed by atoms with van der Waals surface area (Å²) in [5.41, 5.74) is 12.3. The SMILES string of the molecule is F[B-](F)(F)F.F[B-](F)(F)F.F[B-](F)(F)F.F[B-](F)(F)F.[Fe+4].[Fe+4].c1cc(CNc2ccccc2-c2ccccc2NCc2cccc(-n3cccn3)n2)nc(-n2cccn2)c1.c1cc(CNc2ccccc2-c2ccccc2NCc2cccc(-n3cccn3)n2)nc(-n2cccn2)c1. The molecule has 0 saturated carbocycles. The molecule has 98 heavy (non-hydrogen) atoms. The van der Waals surface area contributed by atoms with Crippen LogP contribution in [0.2, 0.25) is 0 Å². The van der Waals surface area contributed by atoms with Crippen molar-refractivity contribution < 1.29 is 103 Å². The van der Waals surface area contributed by atoms with Gasteiger partial charge in [0, 0.05) is 94.6 Å². The molecule has 8 heterocycles. The first kappa shape index (κ1) is 78.4. The number of aromatic nitrogens is 12. The van der Waals surface area contributed by atoms with Crippen molar-refractivity contribution in [3.05, 3.63) is 266 Å². The first-order valence-corrected chi connectivity index (χ1v) is 28.3. The third-order valence-electron chi connectivity index (χ3n) is 12.3. The minimum Gasteiger partial charge on any atom is -0.418 e. The van der Waals surface area contributed by atoms with Gasteiger partial charge in [-0.2, -0.15) is 20.4 Å². The molecule has 0 fully saturated rings. The molecule has 4 N–H and O–H groups in total. The van der Waals surface area contributed by atoms with Gasteiger partial charge in [-0.15, -0.1) is 0 Å². The molecule has 0 bridgehead atoms.